The molecule has 0 bridgehead atoms. The van der Waals surface area contributed by atoms with Crippen molar-refractivity contribution in [3.63, 3.8) is 0 Å². The number of hydrogen-bond acceptors (Lipinski definition) is 2. The fourth-order valence-electron chi connectivity index (χ4n) is 2.46. The van der Waals surface area contributed by atoms with Crippen LogP contribution in [-0.2, 0) is 12.4 Å². The first-order chi connectivity index (χ1) is 8.79. The molecule has 1 unspecified atom stereocenters. The molecule has 1 aromatic carbocycles. The normalized spacial score (nSPS) is 19.8. The second-order valence-electron chi connectivity index (χ2n) is 4.51. The van der Waals surface area contributed by atoms with E-state index in [0.717, 1.165) is 17.9 Å². The smallest absolute Gasteiger partial charge is 0.151 e. The largest absolute Gasteiger partial charge is 0.326 e. The Kier molecular flexibility index (Phi) is 3.48. The fourth-order valence-corrected chi connectivity index (χ4v) is 3.92. The van der Waals surface area contributed by atoms with Gasteiger partial charge in [-0.3, -0.25) is 0 Å². The molecule has 1 aliphatic rings. The van der Waals surface area contributed by atoms with E-state index in [1.165, 1.54) is 24.7 Å². The summed E-state index contributed by atoms with van der Waals surface area (Å²) in [5, 5.41) is 0.604. The maximum atomic E-state index is 13.7. The monoisotopic (exact) mass is 284 g/mol. The van der Waals surface area contributed by atoms with Crippen molar-refractivity contribution in [2.24, 2.45) is 0 Å². The van der Waals surface area contributed by atoms with Gasteiger partial charge < -0.3 is 4.57 Å². The Balaban J connectivity index is 2.04. The number of thioether (sulfide) groups is 1. The average molecular weight is 285 g/mol. The predicted molar refractivity (Wildman–Crippen MR) is 74.7 cm³/mol. The zero-order valence-corrected chi connectivity index (χ0v) is 11.5. The summed E-state index contributed by atoms with van der Waals surface area (Å²) in [5.74, 6) is 2.05. The number of fused-ring (bicyclic) bond motifs is 1. The highest BCUT2D eigenvalue weighted by molar-refractivity contribution is 8.00. The van der Waals surface area contributed by atoms with Crippen LogP contribution in [0.4, 0.5) is 4.39 Å². The number of imidazole rings is 1. The van der Waals surface area contributed by atoms with Crippen molar-refractivity contribution in [1.29, 1.82) is 0 Å². The van der Waals surface area contributed by atoms with Crippen LogP contribution >= 0.6 is 23.4 Å². The predicted octanol–water partition coefficient (Wildman–Crippen LogP) is 3.81. The third-order valence-corrected chi connectivity index (χ3v) is 4.96. The van der Waals surface area contributed by atoms with Gasteiger partial charge in [-0.05, 0) is 30.7 Å². The van der Waals surface area contributed by atoms with Crippen LogP contribution in [0, 0.1) is 5.82 Å². The van der Waals surface area contributed by atoms with Crippen LogP contribution in [0.5, 0.6) is 0 Å². The van der Waals surface area contributed by atoms with Crippen LogP contribution in [0.15, 0.2) is 18.2 Å². The van der Waals surface area contributed by atoms with E-state index < -0.39 is 0 Å². The quantitative estimate of drug-likeness (QED) is 0.798. The molecule has 5 heteroatoms. The molecule has 0 spiro atoms. The van der Waals surface area contributed by atoms with Crippen molar-refractivity contribution in [2.45, 2.75) is 30.5 Å². The first-order valence-electron chi connectivity index (χ1n) is 6.11. The standard InChI is InChI=1S/C13H14ClFN2S/c14-7-12-16-13-10(15)4-1-5-11(13)17(12)8-9-3-2-6-18-9/h1,4-5,9H,2-3,6-8H2. The molecule has 1 aromatic heterocycles. The van der Waals surface area contributed by atoms with Crippen LogP contribution < -0.4 is 0 Å². The first-order valence-corrected chi connectivity index (χ1v) is 7.69. The van der Waals surface area contributed by atoms with Crippen LogP contribution in [-0.4, -0.2) is 20.6 Å². The lowest BCUT2D eigenvalue weighted by atomic mass is 10.2. The molecule has 2 aromatic rings. The molecule has 2 nitrogen and oxygen atoms in total. The van der Waals surface area contributed by atoms with Gasteiger partial charge in [-0.1, -0.05) is 6.07 Å². The molecule has 96 valence electrons. The van der Waals surface area contributed by atoms with Crippen LogP contribution in [0.25, 0.3) is 11.0 Å². The number of benzene rings is 1. The van der Waals surface area contributed by atoms with E-state index >= 15 is 0 Å². The summed E-state index contributed by atoms with van der Waals surface area (Å²) in [7, 11) is 0. The lowest BCUT2D eigenvalue weighted by Crippen LogP contribution is -2.12. The van der Waals surface area contributed by atoms with Crippen molar-refractivity contribution < 1.29 is 4.39 Å². The van der Waals surface area contributed by atoms with E-state index in [4.69, 9.17) is 11.6 Å². The lowest BCUT2D eigenvalue weighted by Gasteiger charge is -2.12. The second kappa shape index (κ2) is 5.10. The van der Waals surface area contributed by atoms with E-state index in [1.54, 1.807) is 6.07 Å². The Bertz CT molecular complexity index is 563. The molecular weight excluding hydrogens is 271 g/mol. The average Bonchev–Trinajstić information content (AvgIpc) is 2.99. The van der Waals surface area contributed by atoms with E-state index in [0.29, 0.717) is 16.6 Å². The first kappa shape index (κ1) is 12.3. The lowest BCUT2D eigenvalue weighted by molar-refractivity contribution is 0.634. The maximum absolute atomic E-state index is 13.7. The van der Waals surface area contributed by atoms with Crippen molar-refractivity contribution in [3.05, 3.63) is 29.8 Å². The van der Waals surface area contributed by atoms with Crippen molar-refractivity contribution in [1.82, 2.24) is 9.55 Å². The highest BCUT2D eigenvalue weighted by Gasteiger charge is 2.20. The highest BCUT2D eigenvalue weighted by atomic mass is 35.5. The summed E-state index contributed by atoms with van der Waals surface area (Å²) in [5.41, 5.74) is 1.30. The van der Waals surface area contributed by atoms with Gasteiger partial charge in [-0.2, -0.15) is 11.8 Å². The van der Waals surface area contributed by atoms with Gasteiger partial charge in [0.25, 0.3) is 0 Å². The van der Waals surface area contributed by atoms with Crippen molar-refractivity contribution in [2.75, 3.05) is 5.75 Å². The van der Waals surface area contributed by atoms with Gasteiger partial charge in [0.1, 0.15) is 11.3 Å². The number of alkyl halides is 1. The Hall–Kier alpha value is -0.740. The number of para-hydroxylation sites is 1. The van der Waals surface area contributed by atoms with Crippen LogP contribution in [0.3, 0.4) is 0 Å². The van der Waals surface area contributed by atoms with Crippen LogP contribution in [0.1, 0.15) is 18.7 Å². The SMILES string of the molecule is Fc1cccc2c1nc(CCl)n2CC1CCCS1. The molecule has 0 radical (unpaired) electrons. The molecule has 1 aliphatic heterocycles. The molecule has 0 amide bonds. The topological polar surface area (TPSA) is 17.8 Å². The molecular formula is C13H14ClFN2S. The number of halogens is 2. The van der Waals surface area contributed by atoms with Gasteiger partial charge in [0, 0.05) is 11.8 Å². The molecule has 1 atom stereocenters. The summed E-state index contributed by atoms with van der Waals surface area (Å²) in [4.78, 5) is 4.32. The molecule has 3 rings (SSSR count). The Morgan fingerprint density at radius 2 is 2.39 bits per heavy atom. The van der Waals surface area contributed by atoms with Gasteiger partial charge in [-0.15, -0.1) is 11.6 Å². The van der Waals surface area contributed by atoms with E-state index in [2.05, 4.69) is 9.55 Å². The number of rotatable bonds is 3. The van der Waals surface area contributed by atoms with Crippen molar-refractivity contribution in [3.8, 4) is 0 Å². The summed E-state index contributed by atoms with van der Waals surface area (Å²) >= 11 is 7.92. The van der Waals surface area contributed by atoms with Gasteiger partial charge >= 0.3 is 0 Å². The van der Waals surface area contributed by atoms with Gasteiger partial charge in [0.05, 0.1) is 11.4 Å². The van der Waals surface area contributed by atoms with E-state index in [1.807, 2.05) is 17.8 Å². The minimum absolute atomic E-state index is 0.267. The van der Waals surface area contributed by atoms with Gasteiger partial charge in [0.2, 0.25) is 0 Å². The van der Waals surface area contributed by atoms with E-state index in [-0.39, 0.29) is 5.82 Å². The van der Waals surface area contributed by atoms with Crippen molar-refractivity contribution >= 4 is 34.4 Å². The number of nitrogens with zero attached hydrogens (tertiary/aromatic N) is 2. The zero-order chi connectivity index (χ0) is 12.5. The summed E-state index contributed by atoms with van der Waals surface area (Å²) in [6.45, 7) is 0.882. The maximum Gasteiger partial charge on any atom is 0.151 e. The van der Waals surface area contributed by atoms with Crippen LogP contribution in [0.2, 0.25) is 0 Å². The minimum atomic E-state index is -0.267. The molecule has 0 N–H and O–H groups in total. The number of hydrogen-bond donors (Lipinski definition) is 0. The Labute approximate surface area is 115 Å². The zero-order valence-electron chi connectivity index (χ0n) is 9.90. The van der Waals surface area contributed by atoms with E-state index in [9.17, 15) is 4.39 Å². The molecule has 0 aliphatic carbocycles. The fraction of sp³-hybridized carbons (Fsp3) is 0.462. The highest BCUT2D eigenvalue weighted by Crippen LogP contribution is 2.30. The third-order valence-electron chi connectivity index (χ3n) is 3.34. The molecule has 18 heavy (non-hydrogen) atoms. The molecule has 1 fully saturated rings. The third kappa shape index (κ3) is 2.12. The van der Waals surface area contributed by atoms with Gasteiger partial charge in [-0.25, -0.2) is 9.37 Å². The Morgan fingerprint density at radius 1 is 1.50 bits per heavy atom. The number of aromatic nitrogens is 2. The summed E-state index contributed by atoms with van der Waals surface area (Å²) in [6.07, 6.45) is 2.49. The summed E-state index contributed by atoms with van der Waals surface area (Å²) < 4.78 is 15.8. The molecule has 0 saturated carbocycles. The summed E-state index contributed by atoms with van der Waals surface area (Å²) in [6, 6.07) is 5.10. The second-order valence-corrected chi connectivity index (χ2v) is 6.19. The molecule has 1 saturated heterocycles. The molecule has 2 heterocycles. The van der Waals surface area contributed by atoms with Gasteiger partial charge in [0.15, 0.2) is 5.82 Å². The minimum Gasteiger partial charge on any atom is -0.326 e. The Morgan fingerprint density at radius 3 is 3.11 bits per heavy atom.